The Bertz CT molecular complexity index is 317. The molecule has 1 heterocycles. The largest absolute Gasteiger partial charge is 0.375 e. The molecule has 2 nitrogen and oxygen atoms in total. The van der Waals surface area contributed by atoms with Gasteiger partial charge in [-0.3, -0.25) is 0 Å². The van der Waals surface area contributed by atoms with Crippen molar-refractivity contribution >= 4 is 11.6 Å². The van der Waals surface area contributed by atoms with E-state index in [1.54, 1.807) is 7.11 Å². The Labute approximate surface area is 89.2 Å². The number of methoxy groups -OCH3 is 1. The van der Waals surface area contributed by atoms with E-state index in [-0.39, 0.29) is 5.60 Å². The minimum atomic E-state index is -0.0367. The van der Waals surface area contributed by atoms with E-state index < -0.39 is 0 Å². The van der Waals surface area contributed by atoms with Gasteiger partial charge >= 0.3 is 0 Å². The van der Waals surface area contributed by atoms with E-state index >= 15 is 0 Å². The van der Waals surface area contributed by atoms with E-state index in [4.69, 9.17) is 16.3 Å². The Morgan fingerprint density at radius 3 is 2.64 bits per heavy atom. The Hall–Kier alpha value is -0.570. The van der Waals surface area contributed by atoms with Gasteiger partial charge in [0.25, 0.3) is 0 Å². The predicted octanol–water partition coefficient (Wildman–Crippen LogP) is 1.87. The maximum Gasteiger partial charge on any atom is 0.0966 e. The van der Waals surface area contributed by atoms with Crippen LogP contribution in [0.5, 0.6) is 0 Å². The van der Waals surface area contributed by atoms with Gasteiger partial charge in [0, 0.05) is 31.6 Å². The fourth-order valence-electron chi connectivity index (χ4n) is 1.73. The van der Waals surface area contributed by atoms with Crippen LogP contribution in [-0.4, -0.2) is 25.8 Å². The van der Waals surface area contributed by atoms with Gasteiger partial charge in [-0.15, -0.1) is 0 Å². The van der Waals surface area contributed by atoms with Crippen molar-refractivity contribution in [1.82, 2.24) is 5.32 Å². The second-order valence-corrected chi connectivity index (χ2v) is 4.17. The second-order valence-electron chi connectivity index (χ2n) is 3.76. The van der Waals surface area contributed by atoms with Gasteiger partial charge in [0.15, 0.2) is 0 Å². The van der Waals surface area contributed by atoms with Crippen molar-refractivity contribution in [2.45, 2.75) is 12.0 Å². The van der Waals surface area contributed by atoms with E-state index in [1.165, 1.54) is 0 Å². The normalized spacial score (nSPS) is 19.0. The van der Waals surface area contributed by atoms with Crippen molar-refractivity contribution in [3.63, 3.8) is 0 Å². The Balaban J connectivity index is 2.13. The number of hydrogen-bond acceptors (Lipinski definition) is 2. The average Bonchev–Trinajstić information content (AvgIpc) is 2.14. The summed E-state index contributed by atoms with van der Waals surface area (Å²) in [4.78, 5) is 0. The fraction of sp³-hybridized carbons (Fsp3) is 0.455. The maximum absolute atomic E-state index is 6.09. The lowest BCUT2D eigenvalue weighted by Gasteiger charge is -2.41. The van der Waals surface area contributed by atoms with Crippen LogP contribution in [0.25, 0.3) is 0 Å². The quantitative estimate of drug-likeness (QED) is 0.825. The molecule has 0 amide bonds. The lowest BCUT2D eigenvalue weighted by atomic mass is 9.89. The predicted molar refractivity (Wildman–Crippen MR) is 57.8 cm³/mol. The van der Waals surface area contributed by atoms with Crippen molar-refractivity contribution in [3.05, 3.63) is 34.9 Å². The Kier molecular flexibility index (Phi) is 2.77. The van der Waals surface area contributed by atoms with E-state index in [0.717, 1.165) is 30.1 Å². The molecule has 1 aliphatic heterocycles. The van der Waals surface area contributed by atoms with E-state index in [1.807, 2.05) is 18.2 Å². The summed E-state index contributed by atoms with van der Waals surface area (Å²) < 4.78 is 5.51. The van der Waals surface area contributed by atoms with Crippen molar-refractivity contribution in [2.24, 2.45) is 0 Å². The van der Waals surface area contributed by atoms with Crippen LogP contribution in [0, 0.1) is 0 Å². The first kappa shape index (κ1) is 9.97. The highest BCUT2D eigenvalue weighted by molar-refractivity contribution is 6.31. The molecule has 0 aliphatic carbocycles. The van der Waals surface area contributed by atoms with Crippen LogP contribution in [-0.2, 0) is 11.2 Å². The van der Waals surface area contributed by atoms with E-state index in [2.05, 4.69) is 11.4 Å². The molecule has 0 bridgehead atoms. The molecule has 2 rings (SSSR count). The molecule has 1 aromatic rings. The van der Waals surface area contributed by atoms with Crippen LogP contribution < -0.4 is 5.32 Å². The van der Waals surface area contributed by atoms with E-state index in [9.17, 15) is 0 Å². The van der Waals surface area contributed by atoms with Crippen LogP contribution >= 0.6 is 11.6 Å². The number of nitrogens with one attached hydrogen (secondary N) is 1. The zero-order valence-electron chi connectivity index (χ0n) is 8.22. The zero-order valence-corrected chi connectivity index (χ0v) is 8.97. The summed E-state index contributed by atoms with van der Waals surface area (Å²) in [6.45, 7) is 1.82. The summed E-state index contributed by atoms with van der Waals surface area (Å²) in [5.41, 5.74) is 1.13. The molecule has 3 heteroatoms. The third-order valence-electron chi connectivity index (χ3n) is 2.80. The highest BCUT2D eigenvalue weighted by atomic mass is 35.5. The zero-order chi connectivity index (χ0) is 10.0. The Morgan fingerprint density at radius 1 is 1.43 bits per heavy atom. The summed E-state index contributed by atoms with van der Waals surface area (Å²) in [5.74, 6) is 0. The molecule has 0 unspecified atom stereocenters. The number of benzene rings is 1. The first-order chi connectivity index (χ1) is 6.76. The van der Waals surface area contributed by atoms with Crippen molar-refractivity contribution < 1.29 is 4.74 Å². The lowest BCUT2D eigenvalue weighted by molar-refractivity contribution is -0.0502. The standard InChI is InChI=1S/C11H14ClNO/c1-14-11(7-13-8-11)6-9-4-2-3-5-10(9)12/h2-5,13H,6-8H2,1H3. The molecule has 1 aromatic carbocycles. The molecule has 14 heavy (non-hydrogen) atoms. The smallest absolute Gasteiger partial charge is 0.0966 e. The average molecular weight is 212 g/mol. The van der Waals surface area contributed by atoms with Gasteiger partial charge in [-0.1, -0.05) is 29.8 Å². The van der Waals surface area contributed by atoms with Crippen LogP contribution in [0.3, 0.4) is 0 Å². The van der Waals surface area contributed by atoms with Crippen LogP contribution in [0.4, 0.5) is 0 Å². The first-order valence-corrected chi connectivity index (χ1v) is 5.13. The fourth-order valence-corrected chi connectivity index (χ4v) is 1.94. The topological polar surface area (TPSA) is 21.3 Å². The van der Waals surface area contributed by atoms with Gasteiger partial charge in [-0.05, 0) is 11.6 Å². The van der Waals surface area contributed by atoms with Crippen molar-refractivity contribution in [3.8, 4) is 0 Å². The summed E-state index contributed by atoms with van der Waals surface area (Å²) in [6.07, 6.45) is 0.885. The summed E-state index contributed by atoms with van der Waals surface area (Å²) in [5, 5.41) is 4.05. The first-order valence-electron chi connectivity index (χ1n) is 4.75. The van der Waals surface area contributed by atoms with Gasteiger partial charge in [-0.25, -0.2) is 0 Å². The highest BCUT2D eigenvalue weighted by Gasteiger charge is 2.37. The molecule has 0 atom stereocenters. The van der Waals surface area contributed by atoms with Gasteiger partial charge in [-0.2, -0.15) is 0 Å². The molecule has 0 radical (unpaired) electrons. The number of halogens is 1. The van der Waals surface area contributed by atoms with Gasteiger partial charge in [0.05, 0.1) is 5.60 Å². The minimum absolute atomic E-state index is 0.0367. The van der Waals surface area contributed by atoms with Crippen LogP contribution in [0.1, 0.15) is 5.56 Å². The van der Waals surface area contributed by atoms with Gasteiger partial charge in [0.1, 0.15) is 0 Å². The third kappa shape index (κ3) is 1.78. The second kappa shape index (κ2) is 3.89. The molecule has 1 saturated heterocycles. The summed E-state index contributed by atoms with van der Waals surface area (Å²) >= 11 is 6.09. The SMILES string of the molecule is COC1(Cc2ccccc2Cl)CNC1. The molecule has 0 aromatic heterocycles. The lowest BCUT2D eigenvalue weighted by Crippen LogP contribution is -2.61. The Morgan fingerprint density at radius 2 is 2.14 bits per heavy atom. The molecule has 0 spiro atoms. The number of ether oxygens (including phenoxy) is 1. The van der Waals surface area contributed by atoms with Crippen LogP contribution in [0.15, 0.2) is 24.3 Å². The van der Waals surface area contributed by atoms with Gasteiger partial charge in [0.2, 0.25) is 0 Å². The summed E-state index contributed by atoms with van der Waals surface area (Å²) in [7, 11) is 1.76. The van der Waals surface area contributed by atoms with Crippen molar-refractivity contribution in [1.29, 1.82) is 0 Å². The molecular formula is C11H14ClNO. The van der Waals surface area contributed by atoms with Crippen LogP contribution in [0.2, 0.25) is 5.02 Å². The monoisotopic (exact) mass is 211 g/mol. The van der Waals surface area contributed by atoms with Gasteiger partial charge < -0.3 is 10.1 Å². The minimum Gasteiger partial charge on any atom is -0.375 e. The molecule has 76 valence electrons. The molecule has 1 N–H and O–H groups in total. The number of rotatable bonds is 3. The van der Waals surface area contributed by atoms with Crippen molar-refractivity contribution in [2.75, 3.05) is 20.2 Å². The van der Waals surface area contributed by atoms with E-state index in [0.29, 0.717) is 0 Å². The number of hydrogen-bond donors (Lipinski definition) is 1. The highest BCUT2D eigenvalue weighted by Crippen LogP contribution is 2.25. The molecule has 1 aliphatic rings. The molecule has 0 saturated carbocycles. The maximum atomic E-state index is 6.09. The molecular weight excluding hydrogens is 198 g/mol. The molecule has 1 fully saturated rings. The summed E-state index contributed by atoms with van der Waals surface area (Å²) in [6, 6.07) is 7.94. The third-order valence-corrected chi connectivity index (χ3v) is 3.17.